The number of aryl methyl sites for hydroxylation is 1. The molecular formula is C14H13N3OS. The van der Waals surface area contributed by atoms with Crippen LogP contribution in [0.5, 0.6) is 0 Å². The molecule has 0 aliphatic carbocycles. The molecule has 4 nitrogen and oxygen atoms in total. The predicted molar refractivity (Wildman–Crippen MR) is 77.4 cm³/mol. The van der Waals surface area contributed by atoms with Gasteiger partial charge in [0, 0.05) is 17.5 Å². The van der Waals surface area contributed by atoms with Crippen LogP contribution in [0.1, 0.15) is 12.0 Å². The second-order valence-corrected chi connectivity index (χ2v) is 5.13. The number of hydrogen-bond acceptors (Lipinski definition) is 3. The van der Waals surface area contributed by atoms with Crippen LogP contribution in [0.15, 0.2) is 41.2 Å². The van der Waals surface area contributed by atoms with E-state index in [2.05, 4.69) is 27.0 Å². The quantitative estimate of drug-likeness (QED) is 0.765. The largest absolute Gasteiger partial charge is 0.326 e. The topological polar surface area (TPSA) is 57.8 Å². The van der Waals surface area contributed by atoms with Crippen molar-refractivity contribution >= 4 is 33.8 Å². The minimum Gasteiger partial charge on any atom is -0.326 e. The third-order valence-electron chi connectivity index (χ3n) is 2.94. The number of fused-ring (bicyclic) bond motifs is 1. The summed E-state index contributed by atoms with van der Waals surface area (Å²) in [7, 11) is 0. The van der Waals surface area contributed by atoms with Crippen LogP contribution in [-0.4, -0.2) is 16.1 Å². The molecule has 0 saturated heterocycles. The van der Waals surface area contributed by atoms with Crippen LogP contribution in [0, 0.1) is 0 Å². The van der Waals surface area contributed by atoms with Crippen molar-refractivity contribution in [1.29, 1.82) is 0 Å². The SMILES string of the molecule is O=C(CCc1ccsc1)Nc1ccc2[nH]ncc2c1. The van der Waals surface area contributed by atoms with E-state index in [0.717, 1.165) is 23.0 Å². The highest BCUT2D eigenvalue weighted by Crippen LogP contribution is 2.17. The van der Waals surface area contributed by atoms with Crippen molar-refractivity contribution in [2.75, 3.05) is 5.32 Å². The maximum absolute atomic E-state index is 11.9. The minimum atomic E-state index is 0.0362. The molecule has 0 fully saturated rings. The van der Waals surface area contributed by atoms with E-state index in [1.165, 1.54) is 5.56 Å². The molecule has 0 radical (unpaired) electrons. The van der Waals surface area contributed by atoms with E-state index < -0.39 is 0 Å². The molecule has 2 aromatic heterocycles. The number of aromatic nitrogens is 2. The van der Waals surface area contributed by atoms with E-state index in [4.69, 9.17) is 0 Å². The Kier molecular flexibility index (Phi) is 3.29. The van der Waals surface area contributed by atoms with E-state index in [1.54, 1.807) is 17.5 Å². The highest BCUT2D eigenvalue weighted by molar-refractivity contribution is 7.07. The van der Waals surface area contributed by atoms with Gasteiger partial charge in [0.2, 0.25) is 5.91 Å². The second kappa shape index (κ2) is 5.24. The van der Waals surface area contributed by atoms with Gasteiger partial charge in [-0.2, -0.15) is 16.4 Å². The molecule has 2 heterocycles. The van der Waals surface area contributed by atoms with Gasteiger partial charge in [-0.1, -0.05) is 0 Å². The Hall–Kier alpha value is -2.14. The Labute approximate surface area is 114 Å². The molecular weight excluding hydrogens is 258 g/mol. The first kappa shape index (κ1) is 11.9. The normalized spacial score (nSPS) is 10.7. The van der Waals surface area contributed by atoms with Gasteiger partial charge in [-0.15, -0.1) is 0 Å². The number of anilines is 1. The number of carbonyl (C=O) groups excluding carboxylic acids is 1. The molecule has 5 heteroatoms. The molecule has 0 saturated carbocycles. The standard InChI is InChI=1S/C14H13N3OS/c18-14(4-1-10-5-6-19-9-10)16-12-2-3-13-11(7-12)8-15-17-13/h2-3,5-9H,1,4H2,(H,15,17)(H,16,18). The summed E-state index contributed by atoms with van der Waals surface area (Å²) >= 11 is 1.66. The fourth-order valence-electron chi connectivity index (χ4n) is 1.94. The summed E-state index contributed by atoms with van der Waals surface area (Å²) in [5, 5.41) is 14.8. The summed E-state index contributed by atoms with van der Waals surface area (Å²) in [6.45, 7) is 0. The number of amides is 1. The predicted octanol–water partition coefficient (Wildman–Crippen LogP) is 3.20. The number of H-pyrrole nitrogens is 1. The molecule has 2 N–H and O–H groups in total. The van der Waals surface area contributed by atoms with Gasteiger partial charge < -0.3 is 5.32 Å². The van der Waals surface area contributed by atoms with E-state index in [1.807, 2.05) is 23.6 Å². The highest BCUT2D eigenvalue weighted by atomic mass is 32.1. The van der Waals surface area contributed by atoms with Crippen LogP contribution in [0.4, 0.5) is 5.69 Å². The lowest BCUT2D eigenvalue weighted by Crippen LogP contribution is -2.12. The Balaban J connectivity index is 1.62. The molecule has 19 heavy (non-hydrogen) atoms. The van der Waals surface area contributed by atoms with Crippen LogP contribution in [0.3, 0.4) is 0 Å². The number of carbonyl (C=O) groups is 1. The average molecular weight is 271 g/mol. The van der Waals surface area contributed by atoms with E-state index in [-0.39, 0.29) is 5.91 Å². The zero-order valence-corrected chi connectivity index (χ0v) is 11.0. The number of aromatic amines is 1. The average Bonchev–Trinajstić information content (AvgIpc) is 3.07. The number of rotatable bonds is 4. The maximum Gasteiger partial charge on any atom is 0.224 e. The summed E-state index contributed by atoms with van der Waals surface area (Å²) < 4.78 is 0. The molecule has 0 aliphatic rings. The monoisotopic (exact) mass is 271 g/mol. The van der Waals surface area contributed by atoms with Crippen molar-refractivity contribution in [3.63, 3.8) is 0 Å². The van der Waals surface area contributed by atoms with Gasteiger partial charge in [0.25, 0.3) is 0 Å². The smallest absolute Gasteiger partial charge is 0.224 e. The van der Waals surface area contributed by atoms with E-state index in [0.29, 0.717) is 6.42 Å². The molecule has 0 unspecified atom stereocenters. The van der Waals surface area contributed by atoms with Crippen molar-refractivity contribution in [2.24, 2.45) is 0 Å². The van der Waals surface area contributed by atoms with Gasteiger partial charge >= 0.3 is 0 Å². The highest BCUT2D eigenvalue weighted by Gasteiger charge is 2.04. The first-order valence-corrected chi connectivity index (χ1v) is 6.99. The molecule has 1 aromatic carbocycles. The summed E-state index contributed by atoms with van der Waals surface area (Å²) in [5.41, 5.74) is 2.99. The van der Waals surface area contributed by atoms with Crippen LogP contribution in [-0.2, 0) is 11.2 Å². The lowest BCUT2D eigenvalue weighted by molar-refractivity contribution is -0.116. The van der Waals surface area contributed by atoms with Crippen molar-refractivity contribution < 1.29 is 4.79 Å². The lowest BCUT2D eigenvalue weighted by atomic mass is 10.2. The van der Waals surface area contributed by atoms with Gasteiger partial charge in [0.05, 0.1) is 11.7 Å². The minimum absolute atomic E-state index is 0.0362. The summed E-state index contributed by atoms with van der Waals surface area (Å²) in [4.78, 5) is 11.9. The molecule has 0 aliphatic heterocycles. The molecule has 1 amide bonds. The number of benzene rings is 1. The Morgan fingerprint density at radius 1 is 1.37 bits per heavy atom. The van der Waals surface area contributed by atoms with Crippen molar-refractivity contribution in [3.8, 4) is 0 Å². The molecule has 0 bridgehead atoms. The number of nitrogens with one attached hydrogen (secondary N) is 2. The van der Waals surface area contributed by atoms with Gasteiger partial charge in [0.1, 0.15) is 0 Å². The van der Waals surface area contributed by atoms with Crippen molar-refractivity contribution in [1.82, 2.24) is 10.2 Å². The third kappa shape index (κ3) is 2.82. The zero-order valence-electron chi connectivity index (χ0n) is 10.2. The van der Waals surface area contributed by atoms with Gasteiger partial charge in [-0.25, -0.2) is 0 Å². The summed E-state index contributed by atoms with van der Waals surface area (Å²) in [6.07, 6.45) is 3.03. The van der Waals surface area contributed by atoms with Crippen LogP contribution >= 0.6 is 11.3 Å². The van der Waals surface area contributed by atoms with Crippen molar-refractivity contribution in [3.05, 3.63) is 46.8 Å². The molecule has 3 rings (SSSR count). The summed E-state index contributed by atoms with van der Waals surface area (Å²) in [6, 6.07) is 7.76. The zero-order chi connectivity index (χ0) is 13.1. The van der Waals surface area contributed by atoms with Crippen LogP contribution in [0.25, 0.3) is 10.9 Å². The Morgan fingerprint density at radius 2 is 2.32 bits per heavy atom. The Morgan fingerprint density at radius 3 is 3.16 bits per heavy atom. The Bertz CT molecular complexity index is 688. The van der Waals surface area contributed by atoms with Gasteiger partial charge in [-0.05, 0) is 47.0 Å². The maximum atomic E-state index is 11.9. The van der Waals surface area contributed by atoms with E-state index >= 15 is 0 Å². The second-order valence-electron chi connectivity index (χ2n) is 4.35. The number of hydrogen-bond donors (Lipinski definition) is 2. The number of thiophene rings is 1. The molecule has 96 valence electrons. The molecule has 0 atom stereocenters. The third-order valence-corrected chi connectivity index (χ3v) is 3.68. The van der Waals surface area contributed by atoms with Crippen molar-refractivity contribution in [2.45, 2.75) is 12.8 Å². The number of nitrogens with zero attached hydrogens (tertiary/aromatic N) is 1. The lowest BCUT2D eigenvalue weighted by Gasteiger charge is -2.04. The van der Waals surface area contributed by atoms with Gasteiger partial charge in [0.15, 0.2) is 0 Å². The fraction of sp³-hybridized carbons (Fsp3) is 0.143. The first-order valence-electron chi connectivity index (χ1n) is 6.05. The first-order chi connectivity index (χ1) is 9.31. The van der Waals surface area contributed by atoms with Crippen LogP contribution < -0.4 is 5.32 Å². The van der Waals surface area contributed by atoms with Gasteiger partial charge in [-0.3, -0.25) is 9.89 Å². The molecule has 0 spiro atoms. The van der Waals surface area contributed by atoms with E-state index in [9.17, 15) is 4.79 Å². The van der Waals surface area contributed by atoms with Crippen LogP contribution in [0.2, 0.25) is 0 Å². The molecule has 3 aromatic rings. The summed E-state index contributed by atoms with van der Waals surface area (Å²) in [5.74, 6) is 0.0362. The fourth-order valence-corrected chi connectivity index (χ4v) is 2.64.